The molecular formula is C27H29ClO10. The van der Waals surface area contributed by atoms with Gasteiger partial charge < -0.3 is 28.4 Å². The van der Waals surface area contributed by atoms with E-state index in [1.165, 1.54) is 27.7 Å². The third-order valence-corrected chi connectivity index (χ3v) is 5.90. The van der Waals surface area contributed by atoms with Gasteiger partial charge in [-0.05, 0) is 29.8 Å². The van der Waals surface area contributed by atoms with E-state index in [2.05, 4.69) is 0 Å². The predicted octanol–water partition coefficient (Wildman–Crippen LogP) is 3.72. The molecule has 1 aliphatic heterocycles. The first-order valence-corrected chi connectivity index (χ1v) is 12.2. The van der Waals surface area contributed by atoms with E-state index in [0.29, 0.717) is 21.9 Å². The molecule has 2 aromatic carbocycles. The second kappa shape index (κ2) is 13.3. The van der Waals surface area contributed by atoms with Crippen LogP contribution in [0.1, 0.15) is 44.9 Å². The van der Waals surface area contributed by atoms with Crippen LogP contribution in [-0.2, 0) is 49.5 Å². The highest BCUT2D eigenvalue weighted by molar-refractivity contribution is 6.31. The van der Waals surface area contributed by atoms with Gasteiger partial charge in [-0.1, -0.05) is 35.9 Å². The van der Waals surface area contributed by atoms with Crippen LogP contribution < -0.4 is 4.74 Å². The number of rotatable bonds is 9. The Morgan fingerprint density at radius 3 is 2.00 bits per heavy atom. The Labute approximate surface area is 225 Å². The van der Waals surface area contributed by atoms with Crippen molar-refractivity contribution >= 4 is 35.5 Å². The topological polar surface area (TPSA) is 124 Å². The zero-order valence-corrected chi connectivity index (χ0v) is 22.1. The average Bonchev–Trinajstić information content (AvgIpc) is 2.84. The first-order chi connectivity index (χ1) is 18.0. The van der Waals surface area contributed by atoms with E-state index in [-0.39, 0.29) is 13.2 Å². The largest absolute Gasteiger partial charge is 0.489 e. The van der Waals surface area contributed by atoms with E-state index in [1.54, 1.807) is 30.3 Å². The Morgan fingerprint density at radius 2 is 1.39 bits per heavy atom. The number of carbonyl (C=O) groups is 4. The summed E-state index contributed by atoms with van der Waals surface area (Å²) in [7, 11) is 0. The molecule has 11 heteroatoms. The van der Waals surface area contributed by atoms with E-state index >= 15 is 0 Å². The van der Waals surface area contributed by atoms with Crippen LogP contribution in [-0.4, -0.2) is 54.9 Å². The van der Waals surface area contributed by atoms with Crippen molar-refractivity contribution in [3.63, 3.8) is 0 Å². The molecule has 1 fully saturated rings. The molecule has 2 aromatic rings. The lowest BCUT2D eigenvalue weighted by atomic mass is 9.90. The minimum Gasteiger partial charge on any atom is -0.489 e. The number of carbonyl (C=O) groups excluding carboxylic acids is 4. The zero-order chi connectivity index (χ0) is 27.8. The first kappa shape index (κ1) is 28.9. The molecule has 0 amide bonds. The maximum atomic E-state index is 12.1. The van der Waals surface area contributed by atoms with Crippen LogP contribution in [0.4, 0.5) is 0 Å². The zero-order valence-electron chi connectivity index (χ0n) is 21.4. The van der Waals surface area contributed by atoms with Crippen molar-refractivity contribution in [3.05, 3.63) is 64.7 Å². The van der Waals surface area contributed by atoms with E-state index in [9.17, 15) is 19.2 Å². The lowest BCUT2D eigenvalue weighted by Crippen LogP contribution is -2.59. The lowest BCUT2D eigenvalue weighted by molar-refractivity contribution is -0.254. The normalized spacial score (nSPS) is 22.6. The molecule has 5 atom stereocenters. The van der Waals surface area contributed by atoms with Gasteiger partial charge in [0.15, 0.2) is 18.3 Å². The fourth-order valence-electron chi connectivity index (χ4n) is 4.06. The number of hydrogen-bond acceptors (Lipinski definition) is 10. The minimum absolute atomic E-state index is 0.127. The molecule has 10 nitrogen and oxygen atoms in total. The van der Waals surface area contributed by atoms with Crippen LogP contribution in [0.15, 0.2) is 48.5 Å². The Bertz CT molecular complexity index is 1150. The number of ether oxygens (including phenoxy) is 6. The average molecular weight is 549 g/mol. The number of benzene rings is 2. The van der Waals surface area contributed by atoms with E-state index < -0.39 is 54.4 Å². The van der Waals surface area contributed by atoms with Crippen molar-refractivity contribution in [1.29, 1.82) is 0 Å². The van der Waals surface area contributed by atoms with Gasteiger partial charge in [0.1, 0.15) is 31.2 Å². The monoisotopic (exact) mass is 548 g/mol. The third kappa shape index (κ3) is 7.93. The first-order valence-electron chi connectivity index (χ1n) is 11.8. The second-order valence-electron chi connectivity index (χ2n) is 8.57. The van der Waals surface area contributed by atoms with Gasteiger partial charge in [0.25, 0.3) is 0 Å². The molecular weight excluding hydrogens is 520 g/mol. The predicted molar refractivity (Wildman–Crippen MR) is 133 cm³/mol. The summed E-state index contributed by atoms with van der Waals surface area (Å²) in [5, 5.41) is 0.426. The molecule has 0 bridgehead atoms. The Kier molecular flexibility index (Phi) is 10.1. The molecule has 1 heterocycles. The number of hydrogen-bond donors (Lipinski definition) is 0. The van der Waals surface area contributed by atoms with Crippen molar-refractivity contribution in [2.45, 2.75) is 64.8 Å². The summed E-state index contributed by atoms with van der Waals surface area (Å²) in [5.41, 5.74) is 1.12. The van der Waals surface area contributed by atoms with E-state index in [0.717, 1.165) is 0 Å². The SMILES string of the molecule is CC(=O)OC[C@H]1OC(c2ccc(Cl)c(COc3ccccc3)c2)C(OC(C)=O)C(OC(C)=O)C1OC(C)=O. The summed E-state index contributed by atoms with van der Waals surface area (Å²) in [6.07, 6.45) is -5.77. The van der Waals surface area contributed by atoms with E-state index in [4.69, 9.17) is 40.0 Å². The Hall–Kier alpha value is -3.63. The van der Waals surface area contributed by atoms with Gasteiger partial charge in [-0.3, -0.25) is 19.2 Å². The Balaban J connectivity index is 2.01. The molecule has 0 aromatic heterocycles. The molecule has 0 aliphatic carbocycles. The van der Waals surface area contributed by atoms with Crippen molar-refractivity contribution in [3.8, 4) is 5.75 Å². The fourth-order valence-corrected chi connectivity index (χ4v) is 4.23. The smallest absolute Gasteiger partial charge is 0.303 e. The van der Waals surface area contributed by atoms with Crippen molar-refractivity contribution < 1.29 is 47.6 Å². The van der Waals surface area contributed by atoms with Crippen LogP contribution in [0.3, 0.4) is 0 Å². The van der Waals surface area contributed by atoms with Gasteiger partial charge in [0.2, 0.25) is 0 Å². The van der Waals surface area contributed by atoms with Crippen molar-refractivity contribution in [2.24, 2.45) is 0 Å². The summed E-state index contributed by atoms with van der Waals surface area (Å²) < 4.78 is 33.6. The van der Waals surface area contributed by atoms with E-state index in [1.807, 2.05) is 18.2 Å². The minimum atomic E-state index is -1.26. The van der Waals surface area contributed by atoms with Gasteiger partial charge >= 0.3 is 23.9 Å². The maximum Gasteiger partial charge on any atom is 0.303 e. The fraction of sp³-hybridized carbons (Fsp3) is 0.407. The quantitative estimate of drug-likeness (QED) is 0.338. The molecule has 38 heavy (non-hydrogen) atoms. The van der Waals surface area contributed by atoms with Gasteiger partial charge in [-0.2, -0.15) is 0 Å². The summed E-state index contributed by atoms with van der Waals surface area (Å²) in [6.45, 7) is 4.55. The van der Waals surface area contributed by atoms with Crippen molar-refractivity contribution in [1.82, 2.24) is 0 Å². The third-order valence-electron chi connectivity index (χ3n) is 5.53. The van der Waals surface area contributed by atoms with Gasteiger partial charge in [-0.15, -0.1) is 0 Å². The highest BCUT2D eigenvalue weighted by atomic mass is 35.5. The lowest BCUT2D eigenvalue weighted by Gasteiger charge is -2.44. The molecule has 1 aliphatic rings. The highest BCUT2D eigenvalue weighted by Crippen LogP contribution is 2.38. The summed E-state index contributed by atoms with van der Waals surface area (Å²) in [5.74, 6) is -2.03. The molecule has 0 N–H and O–H groups in total. The molecule has 0 radical (unpaired) electrons. The molecule has 0 spiro atoms. The van der Waals surface area contributed by atoms with Crippen LogP contribution in [0.2, 0.25) is 5.02 Å². The summed E-state index contributed by atoms with van der Waals surface area (Å²) in [4.78, 5) is 47.6. The number of halogens is 1. The van der Waals surface area contributed by atoms with Crippen molar-refractivity contribution in [2.75, 3.05) is 6.61 Å². The molecule has 204 valence electrons. The summed E-state index contributed by atoms with van der Waals surface area (Å²) >= 11 is 6.42. The van der Waals surface area contributed by atoms with Crippen LogP contribution in [0.5, 0.6) is 5.75 Å². The van der Waals surface area contributed by atoms with Crippen LogP contribution in [0, 0.1) is 0 Å². The molecule has 1 saturated heterocycles. The van der Waals surface area contributed by atoms with Crippen LogP contribution in [0.25, 0.3) is 0 Å². The van der Waals surface area contributed by atoms with Gasteiger partial charge in [0, 0.05) is 38.3 Å². The molecule has 4 unspecified atom stereocenters. The van der Waals surface area contributed by atoms with Crippen LogP contribution >= 0.6 is 11.6 Å². The molecule has 0 saturated carbocycles. The second-order valence-corrected chi connectivity index (χ2v) is 8.98. The molecule has 3 rings (SSSR count). The number of para-hydroxylation sites is 1. The number of esters is 4. The van der Waals surface area contributed by atoms with Gasteiger partial charge in [0.05, 0.1) is 0 Å². The van der Waals surface area contributed by atoms with Gasteiger partial charge in [-0.25, -0.2) is 0 Å². The summed E-state index contributed by atoms with van der Waals surface area (Å²) in [6, 6.07) is 14.2. The highest BCUT2D eigenvalue weighted by Gasteiger charge is 2.52. The maximum absolute atomic E-state index is 12.1. The Morgan fingerprint density at radius 1 is 0.789 bits per heavy atom. The standard InChI is InChI=1S/C27H29ClO10/c1-15(29)33-14-23-25(35-16(2)30)27(37-18(4)32)26(36-17(3)31)24(38-23)19-10-11-22(28)20(12-19)13-34-21-8-6-5-7-9-21/h5-12,23-27H,13-14H2,1-4H3/t23-,24?,25?,26?,27?/m1/s1.